The molecule has 0 aliphatic heterocycles. The Balaban J connectivity index is 2.37. The van der Waals surface area contributed by atoms with E-state index in [9.17, 15) is 9.90 Å². The lowest BCUT2D eigenvalue weighted by Crippen LogP contribution is -2.31. The van der Waals surface area contributed by atoms with E-state index in [1.54, 1.807) is 6.92 Å². The number of aliphatic hydroxyl groups is 1. The molecule has 19 heavy (non-hydrogen) atoms. The van der Waals surface area contributed by atoms with Gasteiger partial charge in [-0.25, -0.2) is 0 Å². The number of hydrogen-bond acceptors (Lipinski definition) is 4. The van der Waals surface area contributed by atoms with E-state index in [4.69, 9.17) is 4.74 Å². The minimum Gasteiger partial charge on any atom is -0.466 e. The first-order valence-electron chi connectivity index (χ1n) is 6.66. The Hall–Kier alpha value is -1.39. The molecule has 0 saturated heterocycles. The van der Waals surface area contributed by atoms with E-state index in [1.807, 2.05) is 32.0 Å². The first-order chi connectivity index (χ1) is 9.02. The van der Waals surface area contributed by atoms with Crippen molar-refractivity contribution in [1.82, 2.24) is 5.32 Å². The Morgan fingerprint density at radius 2 is 2.21 bits per heavy atom. The summed E-state index contributed by atoms with van der Waals surface area (Å²) in [6, 6.07) is 8.35. The third-order valence-corrected chi connectivity index (χ3v) is 2.91. The van der Waals surface area contributed by atoms with Crippen LogP contribution in [-0.2, 0) is 9.53 Å². The fourth-order valence-electron chi connectivity index (χ4n) is 1.85. The highest BCUT2D eigenvalue weighted by Crippen LogP contribution is 2.13. The fourth-order valence-corrected chi connectivity index (χ4v) is 1.85. The zero-order valence-electron chi connectivity index (χ0n) is 11.8. The Morgan fingerprint density at radius 3 is 2.84 bits per heavy atom. The number of aryl methyl sites for hydroxylation is 1. The number of rotatable bonds is 7. The molecule has 1 rings (SSSR count). The van der Waals surface area contributed by atoms with Crippen molar-refractivity contribution < 1.29 is 14.6 Å². The highest BCUT2D eigenvalue weighted by Gasteiger charge is 2.13. The van der Waals surface area contributed by atoms with E-state index in [2.05, 4.69) is 11.4 Å². The van der Waals surface area contributed by atoms with Gasteiger partial charge >= 0.3 is 5.97 Å². The first-order valence-corrected chi connectivity index (χ1v) is 6.66. The summed E-state index contributed by atoms with van der Waals surface area (Å²) < 4.78 is 4.79. The van der Waals surface area contributed by atoms with E-state index in [0.717, 1.165) is 0 Å². The van der Waals surface area contributed by atoms with Gasteiger partial charge in [-0.3, -0.25) is 4.79 Å². The maximum absolute atomic E-state index is 11.2. The van der Waals surface area contributed by atoms with Crippen LogP contribution in [0, 0.1) is 6.92 Å². The molecule has 1 aromatic rings. The number of ether oxygens (including phenoxy) is 1. The van der Waals surface area contributed by atoms with Gasteiger partial charge in [-0.05, 0) is 26.3 Å². The van der Waals surface area contributed by atoms with Gasteiger partial charge in [-0.2, -0.15) is 0 Å². The van der Waals surface area contributed by atoms with Crippen LogP contribution >= 0.6 is 0 Å². The van der Waals surface area contributed by atoms with Crippen molar-refractivity contribution in [2.75, 3.05) is 13.2 Å². The summed E-state index contributed by atoms with van der Waals surface area (Å²) >= 11 is 0. The molecule has 4 nitrogen and oxygen atoms in total. The second-order valence-corrected chi connectivity index (χ2v) is 4.71. The smallest absolute Gasteiger partial charge is 0.308 e. The quantitative estimate of drug-likeness (QED) is 0.740. The molecule has 0 spiro atoms. The number of benzene rings is 1. The zero-order valence-corrected chi connectivity index (χ0v) is 11.8. The summed E-state index contributed by atoms with van der Waals surface area (Å²) in [7, 11) is 0. The van der Waals surface area contributed by atoms with Gasteiger partial charge in [0.05, 0.1) is 19.1 Å². The Morgan fingerprint density at radius 1 is 1.47 bits per heavy atom. The summed E-state index contributed by atoms with van der Waals surface area (Å²) in [6.07, 6.45) is -0.687. The van der Waals surface area contributed by atoms with E-state index >= 15 is 0 Å². The summed E-state index contributed by atoms with van der Waals surface area (Å²) in [5.41, 5.74) is 2.38. The normalized spacial score (nSPS) is 13.9. The number of esters is 1. The van der Waals surface area contributed by atoms with Gasteiger partial charge in [0.2, 0.25) is 0 Å². The van der Waals surface area contributed by atoms with Crippen molar-refractivity contribution >= 4 is 5.97 Å². The molecule has 0 aromatic heterocycles. The highest BCUT2D eigenvalue weighted by molar-refractivity contribution is 5.69. The second kappa shape index (κ2) is 7.92. The Bertz CT molecular complexity index is 406. The average Bonchev–Trinajstić information content (AvgIpc) is 2.36. The van der Waals surface area contributed by atoms with Crippen molar-refractivity contribution in [3.8, 4) is 0 Å². The standard InChI is InChI=1S/C15H23NO3/c1-4-19-15(18)9-14(17)10-16-12(3)13-7-5-6-11(2)8-13/h5-8,12,14,16-17H,4,9-10H2,1-3H3/t12-,14?/m1/s1. The number of carbonyl (C=O) groups excluding carboxylic acids is 1. The number of carbonyl (C=O) groups is 1. The maximum Gasteiger partial charge on any atom is 0.308 e. The molecule has 0 aliphatic carbocycles. The molecule has 0 heterocycles. The summed E-state index contributed by atoms with van der Waals surface area (Å²) in [4.78, 5) is 11.2. The molecular formula is C15H23NO3. The first kappa shape index (κ1) is 15.7. The average molecular weight is 265 g/mol. The van der Waals surface area contributed by atoms with Crippen molar-refractivity contribution in [2.45, 2.75) is 39.3 Å². The molecular weight excluding hydrogens is 242 g/mol. The van der Waals surface area contributed by atoms with Gasteiger partial charge in [-0.1, -0.05) is 29.8 Å². The van der Waals surface area contributed by atoms with Gasteiger partial charge in [0, 0.05) is 12.6 Å². The van der Waals surface area contributed by atoms with E-state index in [-0.39, 0.29) is 18.4 Å². The van der Waals surface area contributed by atoms with Crippen LogP contribution in [0.2, 0.25) is 0 Å². The number of nitrogens with one attached hydrogen (secondary N) is 1. The molecule has 2 N–H and O–H groups in total. The van der Waals surface area contributed by atoms with Crippen LogP contribution in [0.4, 0.5) is 0 Å². The summed E-state index contributed by atoms with van der Waals surface area (Å²) in [6.45, 7) is 6.55. The van der Waals surface area contributed by atoms with E-state index in [1.165, 1.54) is 11.1 Å². The molecule has 0 fully saturated rings. The lowest BCUT2D eigenvalue weighted by atomic mass is 10.1. The lowest BCUT2D eigenvalue weighted by Gasteiger charge is -2.17. The van der Waals surface area contributed by atoms with Gasteiger partial charge in [-0.15, -0.1) is 0 Å². The van der Waals surface area contributed by atoms with Crippen LogP contribution < -0.4 is 5.32 Å². The number of aliphatic hydroxyl groups excluding tert-OH is 1. The fraction of sp³-hybridized carbons (Fsp3) is 0.533. The minimum absolute atomic E-state index is 0.0291. The van der Waals surface area contributed by atoms with Crippen LogP contribution in [0.5, 0.6) is 0 Å². The summed E-state index contributed by atoms with van der Waals surface area (Å²) in [5.74, 6) is -0.361. The predicted octanol–water partition coefficient (Wildman–Crippen LogP) is 1.96. The highest BCUT2D eigenvalue weighted by atomic mass is 16.5. The van der Waals surface area contributed by atoms with Crippen molar-refractivity contribution in [1.29, 1.82) is 0 Å². The largest absolute Gasteiger partial charge is 0.466 e. The molecule has 1 aromatic carbocycles. The molecule has 0 bridgehead atoms. The third kappa shape index (κ3) is 5.85. The van der Waals surface area contributed by atoms with E-state index < -0.39 is 6.10 Å². The second-order valence-electron chi connectivity index (χ2n) is 4.71. The Labute approximate surface area is 114 Å². The van der Waals surface area contributed by atoms with Crippen molar-refractivity contribution in [3.05, 3.63) is 35.4 Å². The van der Waals surface area contributed by atoms with Gasteiger partial charge in [0.1, 0.15) is 0 Å². The molecule has 0 saturated carbocycles. The monoisotopic (exact) mass is 265 g/mol. The van der Waals surface area contributed by atoms with Crippen LogP contribution in [0.25, 0.3) is 0 Å². The number of hydrogen-bond donors (Lipinski definition) is 2. The predicted molar refractivity (Wildman–Crippen MR) is 74.9 cm³/mol. The third-order valence-electron chi connectivity index (χ3n) is 2.91. The molecule has 2 atom stereocenters. The molecule has 106 valence electrons. The lowest BCUT2D eigenvalue weighted by molar-refractivity contribution is -0.145. The van der Waals surface area contributed by atoms with Gasteiger partial charge < -0.3 is 15.2 Å². The maximum atomic E-state index is 11.2. The summed E-state index contributed by atoms with van der Waals surface area (Å²) in [5, 5.41) is 12.9. The van der Waals surface area contributed by atoms with Crippen LogP contribution in [0.1, 0.15) is 37.4 Å². The topological polar surface area (TPSA) is 58.6 Å². The Kier molecular flexibility index (Phi) is 6.53. The molecule has 4 heteroatoms. The van der Waals surface area contributed by atoms with Gasteiger partial charge in [0.15, 0.2) is 0 Å². The van der Waals surface area contributed by atoms with Crippen molar-refractivity contribution in [3.63, 3.8) is 0 Å². The molecule has 1 unspecified atom stereocenters. The SMILES string of the molecule is CCOC(=O)CC(O)CN[C@H](C)c1cccc(C)c1. The van der Waals surface area contributed by atoms with Crippen LogP contribution in [0.3, 0.4) is 0 Å². The van der Waals surface area contributed by atoms with E-state index in [0.29, 0.717) is 13.2 Å². The van der Waals surface area contributed by atoms with Crippen LogP contribution in [0.15, 0.2) is 24.3 Å². The molecule has 0 amide bonds. The van der Waals surface area contributed by atoms with Gasteiger partial charge in [0.25, 0.3) is 0 Å². The van der Waals surface area contributed by atoms with Crippen LogP contribution in [-0.4, -0.2) is 30.3 Å². The molecule has 0 radical (unpaired) electrons. The minimum atomic E-state index is -0.716. The van der Waals surface area contributed by atoms with Crippen molar-refractivity contribution in [2.24, 2.45) is 0 Å². The molecule has 0 aliphatic rings. The zero-order chi connectivity index (χ0) is 14.3.